The number of aromatic nitrogens is 2. The summed E-state index contributed by atoms with van der Waals surface area (Å²) in [5.74, 6) is 2.35. The van der Waals surface area contributed by atoms with Gasteiger partial charge < -0.3 is 5.32 Å². The molecular formula is C13H25N3S. The van der Waals surface area contributed by atoms with E-state index in [1.165, 1.54) is 22.8 Å². The second kappa shape index (κ2) is 6.45. The Morgan fingerprint density at radius 1 is 1.35 bits per heavy atom. The van der Waals surface area contributed by atoms with Gasteiger partial charge in [-0.05, 0) is 33.4 Å². The van der Waals surface area contributed by atoms with E-state index in [1.807, 2.05) is 23.5 Å². The number of hydrogen-bond donors (Lipinski definition) is 1. The zero-order valence-corrected chi connectivity index (χ0v) is 12.7. The zero-order valence-electron chi connectivity index (χ0n) is 11.9. The molecule has 3 nitrogen and oxygen atoms in total. The molecule has 1 aromatic heterocycles. The standard InChI is InChI=1S/C13H25N3S/c1-7-17-8-9(2)14-10(3)13-11(4)15-16(6)12(13)5/h9-10,14H,7-8H2,1-6H3. The maximum absolute atomic E-state index is 4.47. The number of rotatable bonds is 6. The highest BCUT2D eigenvalue weighted by molar-refractivity contribution is 7.99. The fourth-order valence-electron chi connectivity index (χ4n) is 2.27. The Morgan fingerprint density at radius 3 is 2.47 bits per heavy atom. The van der Waals surface area contributed by atoms with Crippen molar-refractivity contribution >= 4 is 11.8 Å². The normalized spacial score (nSPS) is 14.9. The molecular weight excluding hydrogens is 230 g/mol. The van der Waals surface area contributed by atoms with Crippen molar-refractivity contribution in [1.29, 1.82) is 0 Å². The van der Waals surface area contributed by atoms with Crippen LogP contribution in [0, 0.1) is 13.8 Å². The second-order valence-corrected chi connectivity index (χ2v) is 5.98. The molecule has 98 valence electrons. The molecule has 1 N–H and O–H groups in total. The maximum Gasteiger partial charge on any atom is 0.0644 e. The van der Waals surface area contributed by atoms with Gasteiger partial charge in [0.2, 0.25) is 0 Å². The van der Waals surface area contributed by atoms with Crippen LogP contribution in [0.15, 0.2) is 0 Å². The van der Waals surface area contributed by atoms with Crippen molar-refractivity contribution in [2.45, 2.75) is 46.7 Å². The predicted octanol–water partition coefficient (Wildman–Crippen LogP) is 2.83. The van der Waals surface area contributed by atoms with E-state index in [9.17, 15) is 0 Å². The van der Waals surface area contributed by atoms with Gasteiger partial charge >= 0.3 is 0 Å². The summed E-state index contributed by atoms with van der Waals surface area (Å²) in [6.45, 7) is 10.9. The van der Waals surface area contributed by atoms with E-state index in [-0.39, 0.29) is 0 Å². The van der Waals surface area contributed by atoms with Gasteiger partial charge in [-0.15, -0.1) is 0 Å². The van der Waals surface area contributed by atoms with Crippen molar-refractivity contribution in [2.24, 2.45) is 7.05 Å². The monoisotopic (exact) mass is 255 g/mol. The molecule has 0 aliphatic heterocycles. The van der Waals surface area contributed by atoms with Gasteiger partial charge in [-0.25, -0.2) is 0 Å². The fourth-order valence-corrected chi connectivity index (χ4v) is 2.95. The highest BCUT2D eigenvalue weighted by atomic mass is 32.2. The highest BCUT2D eigenvalue weighted by Gasteiger charge is 2.17. The SMILES string of the molecule is CCSCC(C)NC(C)c1c(C)nn(C)c1C. The van der Waals surface area contributed by atoms with E-state index in [1.54, 1.807) is 0 Å². The number of aryl methyl sites for hydroxylation is 2. The molecule has 4 heteroatoms. The number of thioether (sulfide) groups is 1. The summed E-state index contributed by atoms with van der Waals surface area (Å²) in [5, 5.41) is 8.12. The van der Waals surface area contributed by atoms with Crippen LogP contribution >= 0.6 is 11.8 Å². The minimum Gasteiger partial charge on any atom is -0.307 e. The van der Waals surface area contributed by atoms with Crippen molar-refractivity contribution in [3.8, 4) is 0 Å². The molecule has 2 atom stereocenters. The summed E-state index contributed by atoms with van der Waals surface area (Å²) in [6.07, 6.45) is 0. The molecule has 0 bridgehead atoms. The minimum atomic E-state index is 0.371. The summed E-state index contributed by atoms with van der Waals surface area (Å²) in [5.41, 5.74) is 3.75. The lowest BCUT2D eigenvalue weighted by Gasteiger charge is -2.20. The molecule has 1 aromatic rings. The smallest absolute Gasteiger partial charge is 0.0644 e. The van der Waals surface area contributed by atoms with Gasteiger partial charge in [0.15, 0.2) is 0 Å². The quantitative estimate of drug-likeness (QED) is 0.847. The third-order valence-electron chi connectivity index (χ3n) is 3.10. The van der Waals surface area contributed by atoms with Crippen molar-refractivity contribution < 1.29 is 0 Å². The van der Waals surface area contributed by atoms with Gasteiger partial charge in [-0.3, -0.25) is 4.68 Å². The third kappa shape index (κ3) is 3.75. The Kier molecular flexibility index (Phi) is 5.53. The molecule has 1 rings (SSSR count). The van der Waals surface area contributed by atoms with E-state index >= 15 is 0 Å². The van der Waals surface area contributed by atoms with Crippen LogP contribution in [0.4, 0.5) is 0 Å². The van der Waals surface area contributed by atoms with Crippen molar-refractivity contribution in [2.75, 3.05) is 11.5 Å². The summed E-state index contributed by atoms with van der Waals surface area (Å²) in [7, 11) is 2.01. The average Bonchev–Trinajstić information content (AvgIpc) is 2.50. The van der Waals surface area contributed by atoms with E-state index in [4.69, 9.17) is 0 Å². The van der Waals surface area contributed by atoms with E-state index < -0.39 is 0 Å². The zero-order chi connectivity index (χ0) is 13.0. The molecule has 17 heavy (non-hydrogen) atoms. The third-order valence-corrected chi connectivity index (χ3v) is 4.25. The molecule has 0 amide bonds. The van der Waals surface area contributed by atoms with Crippen LogP contribution in [0.3, 0.4) is 0 Å². The molecule has 0 aliphatic carbocycles. The minimum absolute atomic E-state index is 0.371. The number of hydrogen-bond acceptors (Lipinski definition) is 3. The molecule has 2 unspecified atom stereocenters. The fraction of sp³-hybridized carbons (Fsp3) is 0.769. The van der Waals surface area contributed by atoms with Gasteiger partial charge in [0.05, 0.1) is 5.69 Å². The largest absolute Gasteiger partial charge is 0.307 e. The first-order valence-electron chi connectivity index (χ1n) is 6.31. The summed E-state index contributed by atoms with van der Waals surface area (Å²) in [4.78, 5) is 0. The first-order valence-corrected chi connectivity index (χ1v) is 7.46. The lowest BCUT2D eigenvalue weighted by molar-refractivity contribution is 0.507. The highest BCUT2D eigenvalue weighted by Crippen LogP contribution is 2.21. The van der Waals surface area contributed by atoms with Crippen LogP contribution in [-0.4, -0.2) is 27.3 Å². The second-order valence-electron chi connectivity index (χ2n) is 4.66. The topological polar surface area (TPSA) is 29.9 Å². The van der Waals surface area contributed by atoms with E-state index in [2.05, 4.69) is 45.0 Å². The van der Waals surface area contributed by atoms with Gasteiger partial charge in [0, 0.05) is 36.1 Å². The van der Waals surface area contributed by atoms with Crippen molar-refractivity contribution in [1.82, 2.24) is 15.1 Å². The number of nitrogens with one attached hydrogen (secondary N) is 1. The molecule has 0 saturated carbocycles. The Balaban J connectivity index is 2.66. The summed E-state index contributed by atoms with van der Waals surface area (Å²) < 4.78 is 1.97. The Bertz CT molecular complexity index is 360. The molecule has 0 saturated heterocycles. The van der Waals surface area contributed by atoms with E-state index in [0.717, 1.165) is 5.69 Å². The molecule has 1 heterocycles. The van der Waals surface area contributed by atoms with Crippen LogP contribution in [-0.2, 0) is 7.05 Å². The molecule has 0 radical (unpaired) electrons. The predicted molar refractivity (Wildman–Crippen MR) is 76.7 cm³/mol. The lowest BCUT2D eigenvalue weighted by atomic mass is 10.1. The molecule has 0 fully saturated rings. The van der Waals surface area contributed by atoms with Crippen LogP contribution in [0.1, 0.15) is 43.8 Å². The Labute approximate surface area is 109 Å². The molecule has 0 aromatic carbocycles. The average molecular weight is 255 g/mol. The van der Waals surface area contributed by atoms with Gasteiger partial charge in [0.25, 0.3) is 0 Å². The summed E-state index contributed by atoms with van der Waals surface area (Å²) in [6, 6.07) is 0.908. The summed E-state index contributed by atoms with van der Waals surface area (Å²) >= 11 is 1.98. The van der Waals surface area contributed by atoms with Crippen LogP contribution in [0.2, 0.25) is 0 Å². The van der Waals surface area contributed by atoms with Gasteiger partial charge in [-0.1, -0.05) is 6.92 Å². The van der Waals surface area contributed by atoms with Crippen LogP contribution in [0.5, 0.6) is 0 Å². The van der Waals surface area contributed by atoms with Crippen LogP contribution < -0.4 is 5.32 Å². The van der Waals surface area contributed by atoms with Gasteiger partial charge in [0.1, 0.15) is 0 Å². The van der Waals surface area contributed by atoms with Gasteiger partial charge in [-0.2, -0.15) is 16.9 Å². The van der Waals surface area contributed by atoms with E-state index in [0.29, 0.717) is 12.1 Å². The van der Waals surface area contributed by atoms with Crippen molar-refractivity contribution in [3.63, 3.8) is 0 Å². The molecule has 0 aliphatic rings. The maximum atomic E-state index is 4.47. The first-order chi connectivity index (χ1) is 7.97. The Hall–Kier alpha value is -0.480. The lowest BCUT2D eigenvalue weighted by Crippen LogP contribution is -2.31. The molecule has 0 spiro atoms. The number of nitrogens with zero attached hydrogens (tertiary/aromatic N) is 2. The van der Waals surface area contributed by atoms with Crippen molar-refractivity contribution in [3.05, 3.63) is 17.0 Å². The first kappa shape index (κ1) is 14.6. The Morgan fingerprint density at radius 2 is 2.00 bits per heavy atom. The van der Waals surface area contributed by atoms with Crippen LogP contribution in [0.25, 0.3) is 0 Å².